The van der Waals surface area contributed by atoms with Crippen molar-refractivity contribution in [3.63, 3.8) is 0 Å². The normalized spacial score (nSPS) is 7.79. The minimum atomic E-state index is -1.81. The van der Waals surface area contributed by atoms with Gasteiger partial charge in [0.05, 0.1) is 0 Å². The molecule has 0 aliphatic heterocycles. The predicted molar refractivity (Wildman–Crippen MR) is 65.6 cm³/mol. The van der Waals surface area contributed by atoms with Crippen molar-refractivity contribution in [3.8, 4) is 0 Å². The van der Waals surface area contributed by atoms with Gasteiger partial charge in [-0.1, -0.05) is 12.1 Å². The molecule has 100 valence electrons. The van der Waals surface area contributed by atoms with Gasteiger partial charge < -0.3 is 14.9 Å². The second-order valence-electron chi connectivity index (χ2n) is 2.68. The molecule has 7 nitrogen and oxygen atoms in total. The van der Waals surface area contributed by atoms with Gasteiger partial charge in [-0.3, -0.25) is 9.97 Å². The summed E-state index contributed by atoms with van der Waals surface area (Å²) in [6, 6.07) is 11.4. The predicted octanol–water partition coefficient (Wildman–Crippen LogP) is 2.52. The van der Waals surface area contributed by atoms with Gasteiger partial charge in [0.25, 0.3) is 0 Å². The Bertz CT molecular complexity index is 353. The van der Waals surface area contributed by atoms with E-state index in [9.17, 15) is 9.59 Å². The van der Waals surface area contributed by atoms with Crippen LogP contribution in [0.25, 0.3) is 0 Å². The number of pyridine rings is 2. The Morgan fingerprint density at radius 1 is 0.684 bits per heavy atom. The fraction of sp³-hybridized carbons (Fsp3) is 0. The molecule has 0 spiro atoms. The molecule has 0 bridgehead atoms. The SMILES string of the molecule is O=C(O)OC(=O)O.c1ccncc1.c1ccncc1. The Hall–Kier alpha value is -2.96. The summed E-state index contributed by atoms with van der Waals surface area (Å²) in [5, 5.41) is 15.0. The Morgan fingerprint density at radius 3 is 1.05 bits per heavy atom. The van der Waals surface area contributed by atoms with Gasteiger partial charge >= 0.3 is 12.3 Å². The highest BCUT2D eigenvalue weighted by atomic mass is 16.7. The van der Waals surface area contributed by atoms with Crippen molar-refractivity contribution in [1.29, 1.82) is 0 Å². The zero-order valence-corrected chi connectivity index (χ0v) is 9.79. The van der Waals surface area contributed by atoms with Crippen molar-refractivity contribution in [1.82, 2.24) is 9.97 Å². The van der Waals surface area contributed by atoms with Gasteiger partial charge in [0.2, 0.25) is 0 Å². The summed E-state index contributed by atoms with van der Waals surface area (Å²) < 4.78 is 3.08. The molecule has 19 heavy (non-hydrogen) atoms. The molecule has 2 rings (SSSR count). The molecule has 0 saturated heterocycles. The fourth-order valence-electron chi connectivity index (χ4n) is 0.700. The molecule has 0 unspecified atom stereocenters. The van der Waals surface area contributed by atoms with Crippen LogP contribution in [0, 0.1) is 0 Å². The molecule has 0 fully saturated rings. The van der Waals surface area contributed by atoms with E-state index in [4.69, 9.17) is 10.2 Å². The van der Waals surface area contributed by atoms with E-state index in [0.717, 1.165) is 0 Å². The van der Waals surface area contributed by atoms with E-state index in [2.05, 4.69) is 14.7 Å². The molecule has 0 atom stereocenters. The smallest absolute Gasteiger partial charge is 0.449 e. The van der Waals surface area contributed by atoms with Crippen molar-refractivity contribution in [2.24, 2.45) is 0 Å². The zero-order valence-electron chi connectivity index (χ0n) is 9.79. The number of carboxylic acid groups (broad SMARTS) is 2. The summed E-state index contributed by atoms with van der Waals surface area (Å²) >= 11 is 0. The molecule has 2 N–H and O–H groups in total. The van der Waals surface area contributed by atoms with Crippen LogP contribution in [-0.2, 0) is 4.74 Å². The second kappa shape index (κ2) is 11.5. The van der Waals surface area contributed by atoms with Gasteiger partial charge in [-0.2, -0.15) is 0 Å². The number of carbonyl (C=O) groups is 2. The van der Waals surface area contributed by atoms with Gasteiger partial charge in [0.1, 0.15) is 0 Å². The lowest BCUT2D eigenvalue weighted by molar-refractivity contribution is 0.0802. The first-order valence-corrected chi connectivity index (χ1v) is 4.96. The second-order valence-corrected chi connectivity index (χ2v) is 2.68. The van der Waals surface area contributed by atoms with E-state index in [1.807, 2.05) is 36.4 Å². The van der Waals surface area contributed by atoms with Crippen molar-refractivity contribution in [2.75, 3.05) is 0 Å². The summed E-state index contributed by atoms with van der Waals surface area (Å²) in [4.78, 5) is 26.0. The van der Waals surface area contributed by atoms with E-state index < -0.39 is 12.3 Å². The molecule has 0 amide bonds. The van der Waals surface area contributed by atoms with Crippen molar-refractivity contribution in [2.45, 2.75) is 0 Å². The van der Waals surface area contributed by atoms with Crippen LogP contribution < -0.4 is 0 Å². The number of ether oxygens (including phenoxy) is 1. The number of hydrogen-bond acceptors (Lipinski definition) is 5. The van der Waals surface area contributed by atoms with E-state index in [-0.39, 0.29) is 0 Å². The van der Waals surface area contributed by atoms with Gasteiger partial charge in [0, 0.05) is 24.8 Å². The Kier molecular flexibility index (Phi) is 9.73. The summed E-state index contributed by atoms with van der Waals surface area (Å²) in [5.41, 5.74) is 0. The first-order chi connectivity index (χ1) is 9.13. The molecule has 0 radical (unpaired) electrons. The van der Waals surface area contributed by atoms with Crippen molar-refractivity contribution >= 4 is 12.3 Å². The van der Waals surface area contributed by atoms with Crippen LogP contribution in [0.5, 0.6) is 0 Å². The van der Waals surface area contributed by atoms with Crippen LogP contribution in [-0.4, -0.2) is 32.5 Å². The molecule has 0 aliphatic rings. The van der Waals surface area contributed by atoms with Crippen molar-refractivity contribution in [3.05, 3.63) is 61.2 Å². The van der Waals surface area contributed by atoms with Crippen LogP contribution in [0.3, 0.4) is 0 Å². The summed E-state index contributed by atoms with van der Waals surface area (Å²) in [5.74, 6) is 0. The zero-order chi connectivity index (χ0) is 14.3. The molecule has 0 aromatic carbocycles. The third-order valence-electron chi connectivity index (χ3n) is 1.31. The first-order valence-electron chi connectivity index (χ1n) is 4.96. The number of rotatable bonds is 0. The van der Waals surface area contributed by atoms with Gasteiger partial charge in [-0.05, 0) is 24.3 Å². The largest absolute Gasteiger partial charge is 0.516 e. The van der Waals surface area contributed by atoms with Crippen LogP contribution in [0.15, 0.2) is 61.2 Å². The first kappa shape index (κ1) is 16.0. The van der Waals surface area contributed by atoms with E-state index in [1.54, 1.807) is 24.8 Å². The minimum absolute atomic E-state index is 1.75. The van der Waals surface area contributed by atoms with Gasteiger partial charge in [-0.15, -0.1) is 0 Å². The average molecular weight is 264 g/mol. The monoisotopic (exact) mass is 264 g/mol. The molecule has 2 heterocycles. The maximum Gasteiger partial charge on any atom is 0.516 e. The number of hydrogen-bond donors (Lipinski definition) is 2. The Balaban J connectivity index is 0.000000256. The van der Waals surface area contributed by atoms with Gasteiger partial charge in [-0.25, -0.2) is 9.59 Å². The van der Waals surface area contributed by atoms with Gasteiger partial charge in [0.15, 0.2) is 0 Å². The standard InChI is InChI=1S/2C5H5N.C2H2O5/c2*1-2-4-6-5-3-1;3-1(4)7-2(5)6/h2*1-5H;(H,3,4)(H,5,6). The third-order valence-corrected chi connectivity index (χ3v) is 1.31. The van der Waals surface area contributed by atoms with Crippen LogP contribution in [0.1, 0.15) is 0 Å². The minimum Gasteiger partial charge on any atom is -0.449 e. The van der Waals surface area contributed by atoms with Crippen LogP contribution in [0.4, 0.5) is 9.59 Å². The molecule has 7 heteroatoms. The molecule has 0 saturated carbocycles. The third kappa shape index (κ3) is 15.0. The molecular formula is C12H12N2O5. The summed E-state index contributed by atoms with van der Waals surface area (Å²) in [7, 11) is 0. The highest BCUT2D eigenvalue weighted by molar-refractivity contribution is 5.74. The van der Waals surface area contributed by atoms with E-state index in [0.29, 0.717) is 0 Å². The lowest BCUT2D eigenvalue weighted by atomic mass is 10.5. The fourth-order valence-corrected chi connectivity index (χ4v) is 0.700. The number of aromatic nitrogens is 2. The lowest BCUT2D eigenvalue weighted by Gasteiger charge is -1.84. The van der Waals surface area contributed by atoms with Crippen LogP contribution in [0.2, 0.25) is 0 Å². The lowest BCUT2D eigenvalue weighted by Crippen LogP contribution is -2.05. The molecule has 0 aliphatic carbocycles. The van der Waals surface area contributed by atoms with Crippen LogP contribution >= 0.6 is 0 Å². The van der Waals surface area contributed by atoms with E-state index >= 15 is 0 Å². The molecular weight excluding hydrogens is 252 g/mol. The Labute approximate surface area is 109 Å². The number of nitrogens with zero attached hydrogens (tertiary/aromatic N) is 2. The van der Waals surface area contributed by atoms with E-state index in [1.165, 1.54) is 0 Å². The van der Waals surface area contributed by atoms with Crippen molar-refractivity contribution < 1.29 is 24.5 Å². The average Bonchev–Trinajstić information content (AvgIpc) is 2.42. The molecule has 2 aromatic rings. The quantitative estimate of drug-likeness (QED) is 0.555. The molecule has 2 aromatic heterocycles. The summed E-state index contributed by atoms with van der Waals surface area (Å²) in [6.07, 6.45) is 3.38. The maximum absolute atomic E-state index is 9.21. The highest BCUT2D eigenvalue weighted by Gasteiger charge is 2.01. The topological polar surface area (TPSA) is 110 Å². The summed E-state index contributed by atoms with van der Waals surface area (Å²) in [6.45, 7) is 0. The highest BCUT2D eigenvalue weighted by Crippen LogP contribution is 1.74. The maximum atomic E-state index is 9.21. The Morgan fingerprint density at radius 2 is 1.00 bits per heavy atom.